The third kappa shape index (κ3) is 4.62. The molecule has 29 heavy (non-hydrogen) atoms. The molecule has 0 radical (unpaired) electrons. The zero-order chi connectivity index (χ0) is 22.5. The van der Waals surface area contributed by atoms with Crippen LogP contribution in [0.15, 0.2) is 22.8 Å². The van der Waals surface area contributed by atoms with Gasteiger partial charge in [-0.25, -0.2) is 4.99 Å². The van der Waals surface area contributed by atoms with Crippen LogP contribution in [-0.2, 0) is 6.18 Å². The van der Waals surface area contributed by atoms with Crippen molar-refractivity contribution < 1.29 is 23.0 Å². The minimum atomic E-state index is -5.25. The number of nitrogens with zero attached hydrogens (tertiary/aromatic N) is 4. The first-order valence-electron chi connectivity index (χ1n) is 6.86. The van der Waals surface area contributed by atoms with Crippen LogP contribution in [0.5, 0.6) is 0 Å². The molecule has 0 saturated carbocycles. The number of nitrogens with two attached hydrogens (primary N) is 1. The van der Waals surface area contributed by atoms with E-state index in [9.17, 15) is 33.4 Å². The monoisotopic (exact) mass is 515 g/mol. The van der Waals surface area contributed by atoms with Gasteiger partial charge in [-0.2, -0.15) is 13.2 Å². The van der Waals surface area contributed by atoms with Crippen molar-refractivity contribution in [1.29, 1.82) is 0 Å². The summed E-state index contributed by atoms with van der Waals surface area (Å²) in [6.45, 7) is 0. The highest BCUT2D eigenvalue weighted by molar-refractivity contribution is 6.71. The fraction of sp³-hybridized carbons (Fsp3) is 0.250. The molecular formula is C12H5Cl5F3N5O4. The summed E-state index contributed by atoms with van der Waals surface area (Å²) in [6.07, 6.45) is -6.11. The van der Waals surface area contributed by atoms with E-state index in [1.807, 2.05) is 0 Å². The number of hydrogen-bond acceptors (Lipinski definition) is 7. The zero-order valence-electron chi connectivity index (χ0n) is 13.3. The molecule has 2 rings (SSSR count). The molecule has 1 unspecified atom stereocenters. The second-order valence-electron chi connectivity index (χ2n) is 5.23. The Kier molecular flexibility index (Phi) is 6.48. The van der Waals surface area contributed by atoms with Crippen LogP contribution < -0.4 is 10.6 Å². The number of benzene rings is 1. The SMILES string of the molecule is NC1N=C(Cl)C=C(C(Cl)(Cl)Cl)N1c1c([N+](=O)[O-])cc(C(F)(F)F)c(Cl)c1[N+](=O)[O-]. The van der Waals surface area contributed by atoms with E-state index in [1.165, 1.54) is 0 Å². The standard InChI is InChI=1S/C12H5Cl5F3N5O4/c13-6-2-5(11(15,16)17)23(10(21)22-6)8-4(24(26)27)1-3(12(18,19)20)7(14)9(8)25(28)29/h1-2,10H,21H2. The van der Waals surface area contributed by atoms with Crippen LogP contribution >= 0.6 is 58.0 Å². The Balaban J connectivity index is 3.01. The van der Waals surface area contributed by atoms with Crippen molar-refractivity contribution in [2.24, 2.45) is 10.7 Å². The first-order valence-corrected chi connectivity index (χ1v) is 8.75. The van der Waals surface area contributed by atoms with Gasteiger partial charge in [-0.1, -0.05) is 58.0 Å². The summed E-state index contributed by atoms with van der Waals surface area (Å²) in [5, 5.41) is 21.3. The second kappa shape index (κ2) is 7.93. The molecule has 1 atom stereocenters. The highest BCUT2D eigenvalue weighted by Gasteiger charge is 2.47. The first-order chi connectivity index (χ1) is 13.1. The van der Waals surface area contributed by atoms with Crippen LogP contribution in [-0.4, -0.2) is 25.1 Å². The number of hydrogen-bond donors (Lipinski definition) is 1. The largest absolute Gasteiger partial charge is 0.418 e. The third-order valence-electron chi connectivity index (χ3n) is 3.44. The topological polar surface area (TPSA) is 128 Å². The van der Waals surface area contributed by atoms with Crippen LogP contribution in [0.2, 0.25) is 5.02 Å². The minimum absolute atomic E-state index is 0.00725. The quantitative estimate of drug-likeness (QED) is 0.336. The van der Waals surface area contributed by atoms with E-state index in [4.69, 9.17) is 63.7 Å². The molecule has 0 spiro atoms. The normalized spacial score (nSPS) is 17.7. The molecule has 1 aromatic carbocycles. The summed E-state index contributed by atoms with van der Waals surface area (Å²) in [5.41, 5.74) is -0.569. The summed E-state index contributed by atoms with van der Waals surface area (Å²) in [7, 11) is 0. The first kappa shape index (κ1) is 23.7. The maximum atomic E-state index is 13.2. The van der Waals surface area contributed by atoms with Gasteiger partial charge in [0.2, 0.25) is 9.48 Å². The number of anilines is 1. The molecule has 0 fully saturated rings. The van der Waals surface area contributed by atoms with Gasteiger partial charge in [0.05, 0.1) is 21.1 Å². The highest BCUT2D eigenvalue weighted by atomic mass is 35.6. The molecule has 0 aromatic heterocycles. The summed E-state index contributed by atoms with van der Waals surface area (Å²) in [5.74, 6) is 0. The summed E-state index contributed by atoms with van der Waals surface area (Å²) < 4.78 is 37.3. The van der Waals surface area contributed by atoms with E-state index >= 15 is 0 Å². The lowest BCUT2D eigenvalue weighted by molar-refractivity contribution is -0.393. The molecule has 0 aliphatic carbocycles. The number of allylic oxidation sites excluding steroid dienone is 2. The van der Waals surface area contributed by atoms with Gasteiger partial charge in [0.25, 0.3) is 0 Å². The van der Waals surface area contributed by atoms with Gasteiger partial charge in [0, 0.05) is 6.07 Å². The summed E-state index contributed by atoms with van der Waals surface area (Å²) >= 11 is 28.7. The Morgan fingerprint density at radius 1 is 1.14 bits per heavy atom. The lowest BCUT2D eigenvalue weighted by Gasteiger charge is -2.35. The Hall–Kier alpha value is -1.57. The number of aliphatic imine (C=N–C) groups is 1. The van der Waals surface area contributed by atoms with Gasteiger partial charge in [-0.3, -0.25) is 30.9 Å². The molecule has 9 nitrogen and oxygen atoms in total. The van der Waals surface area contributed by atoms with E-state index in [-0.39, 0.29) is 11.2 Å². The molecule has 1 aliphatic rings. The molecule has 1 aromatic rings. The molecule has 0 amide bonds. The van der Waals surface area contributed by atoms with Gasteiger partial charge < -0.3 is 0 Å². The van der Waals surface area contributed by atoms with E-state index < -0.39 is 59.5 Å². The lowest BCUT2D eigenvalue weighted by Crippen LogP contribution is -2.46. The van der Waals surface area contributed by atoms with Crippen molar-refractivity contribution in [1.82, 2.24) is 0 Å². The predicted molar refractivity (Wildman–Crippen MR) is 102 cm³/mol. The average Bonchev–Trinajstić information content (AvgIpc) is 2.50. The van der Waals surface area contributed by atoms with E-state index in [1.54, 1.807) is 0 Å². The van der Waals surface area contributed by atoms with E-state index in [2.05, 4.69) is 4.99 Å². The van der Waals surface area contributed by atoms with Crippen molar-refractivity contribution in [2.45, 2.75) is 16.3 Å². The Morgan fingerprint density at radius 2 is 1.69 bits per heavy atom. The number of nitro groups is 2. The van der Waals surface area contributed by atoms with Crippen molar-refractivity contribution in [2.75, 3.05) is 4.90 Å². The van der Waals surface area contributed by atoms with Crippen LogP contribution in [0.4, 0.5) is 30.2 Å². The van der Waals surface area contributed by atoms with Crippen molar-refractivity contribution in [3.05, 3.63) is 48.7 Å². The second-order valence-corrected chi connectivity index (χ2v) is 8.28. The van der Waals surface area contributed by atoms with Crippen molar-refractivity contribution >= 4 is 80.2 Å². The van der Waals surface area contributed by atoms with Crippen molar-refractivity contribution in [3.8, 4) is 0 Å². The van der Waals surface area contributed by atoms with Crippen molar-refractivity contribution in [3.63, 3.8) is 0 Å². The molecule has 0 bridgehead atoms. The Bertz CT molecular complexity index is 963. The Morgan fingerprint density at radius 3 is 2.10 bits per heavy atom. The smallest absolute Gasteiger partial charge is 0.294 e. The zero-order valence-corrected chi connectivity index (χ0v) is 17.0. The van der Waals surface area contributed by atoms with Crippen LogP contribution in [0.1, 0.15) is 5.56 Å². The fourth-order valence-corrected chi connectivity index (χ4v) is 3.35. The lowest BCUT2D eigenvalue weighted by atomic mass is 10.1. The summed E-state index contributed by atoms with van der Waals surface area (Å²) in [6, 6.07) is 0.00725. The molecule has 1 aliphatic heterocycles. The third-order valence-corrected chi connectivity index (χ3v) is 4.61. The number of alkyl halides is 6. The molecule has 2 N–H and O–H groups in total. The average molecular weight is 517 g/mol. The van der Waals surface area contributed by atoms with E-state index in [0.717, 1.165) is 6.08 Å². The van der Waals surface area contributed by atoms with Crippen LogP contribution in [0, 0.1) is 20.2 Å². The Labute approximate surface area is 183 Å². The molecule has 1 heterocycles. The number of nitro benzene ring substituents is 2. The van der Waals surface area contributed by atoms with Gasteiger partial charge in [0.1, 0.15) is 10.2 Å². The van der Waals surface area contributed by atoms with Crippen LogP contribution in [0.3, 0.4) is 0 Å². The van der Waals surface area contributed by atoms with Gasteiger partial charge >= 0.3 is 17.6 Å². The number of rotatable bonds is 3. The molecule has 17 heteroatoms. The molecular weight excluding hydrogens is 512 g/mol. The minimum Gasteiger partial charge on any atom is -0.294 e. The molecule has 0 saturated heterocycles. The van der Waals surface area contributed by atoms with E-state index in [0.29, 0.717) is 4.90 Å². The fourth-order valence-electron chi connectivity index (χ4n) is 2.39. The highest BCUT2D eigenvalue weighted by Crippen LogP contribution is 2.52. The predicted octanol–water partition coefficient (Wildman–Crippen LogP) is 5.13. The summed E-state index contributed by atoms with van der Waals surface area (Å²) in [4.78, 5) is 24.5. The molecule has 158 valence electrons. The van der Waals surface area contributed by atoms with Crippen LogP contribution in [0.25, 0.3) is 0 Å². The van der Waals surface area contributed by atoms with Gasteiger partial charge in [0.15, 0.2) is 6.29 Å². The maximum absolute atomic E-state index is 13.2. The van der Waals surface area contributed by atoms with Gasteiger partial charge in [-0.05, 0) is 6.08 Å². The maximum Gasteiger partial charge on any atom is 0.418 e. The number of halogens is 8. The van der Waals surface area contributed by atoms with Gasteiger partial charge in [-0.15, -0.1) is 0 Å².